The lowest BCUT2D eigenvalue weighted by Gasteiger charge is -2.34. The fourth-order valence-electron chi connectivity index (χ4n) is 3.79. The van der Waals surface area contributed by atoms with Gasteiger partial charge in [0.2, 0.25) is 0 Å². The summed E-state index contributed by atoms with van der Waals surface area (Å²) in [5.74, 6) is 0.552. The SMILES string of the molecule is C[C@@H]1COCCN1c1cc(-c2cccnc2C(F)(F)F)n2ncc(-c3ccn[nH]3)c2n1. The van der Waals surface area contributed by atoms with Crippen LogP contribution in [0, 0.1) is 0 Å². The maximum atomic E-state index is 13.7. The van der Waals surface area contributed by atoms with Gasteiger partial charge in [0.1, 0.15) is 5.82 Å². The van der Waals surface area contributed by atoms with E-state index in [9.17, 15) is 13.2 Å². The van der Waals surface area contributed by atoms with Crippen molar-refractivity contribution in [2.24, 2.45) is 0 Å². The number of ether oxygens (including phenoxy) is 1. The molecule has 5 rings (SSSR count). The van der Waals surface area contributed by atoms with Crippen LogP contribution in [0.15, 0.2) is 42.9 Å². The number of hydrogen-bond donors (Lipinski definition) is 1. The first-order valence-electron chi connectivity index (χ1n) is 9.69. The van der Waals surface area contributed by atoms with E-state index in [1.165, 1.54) is 16.6 Å². The number of H-pyrrole nitrogens is 1. The molecule has 1 saturated heterocycles. The molecule has 0 amide bonds. The number of hydrogen-bond acceptors (Lipinski definition) is 6. The van der Waals surface area contributed by atoms with E-state index in [0.29, 0.717) is 42.5 Å². The van der Waals surface area contributed by atoms with Gasteiger partial charge >= 0.3 is 6.18 Å². The van der Waals surface area contributed by atoms with E-state index in [1.54, 1.807) is 24.5 Å². The Morgan fingerprint density at radius 3 is 2.81 bits per heavy atom. The second-order valence-electron chi connectivity index (χ2n) is 7.28. The molecule has 31 heavy (non-hydrogen) atoms. The predicted octanol–water partition coefficient (Wildman–Crippen LogP) is 3.43. The number of pyridine rings is 1. The molecule has 1 N–H and O–H groups in total. The first-order valence-corrected chi connectivity index (χ1v) is 9.69. The van der Waals surface area contributed by atoms with Crippen LogP contribution in [0.1, 0.15) is 12.6 Å². The third-order valence-corrected chi connectivity index (χ3v) is 5.26. The highest BCUT2D eigenvalue weighted by Crippen LogP contribution is 2.37. The molecule has 4 aromatic heterocycles. The zero-order valence-corrected chi connectivity index (χ0v) is 16.5. The summed E-state index contributed by atoms with van der Waals surface area (Å²) in [6, 6.07) is 6.28. The fraction of sp³-hybridized carbons (Fsp3) is 0.300. The van der Waals surface area contributed by atoms with Gasteiger partial charge in [0.25, 0.3) is 0 Å². The maximum absolute atomic E-state index is 13.7. The minimum absolute atomic E-state index is 0.0195. The van der Waals surface area contributed by atoms with E-state index < -0.39 is 11.9 Å². The summed E-state index contributed by atoms with van der Waals surface area (Å²) in [7, 11) is 0. The minimum Gasteiger partial charge on any atom is -0.377 e. The van der Waals surface area contributed by atoms with Gasteiger partial charge in [-0.3, -0.25) is 10.1 Å². The minimum atomic E-state index is -4.61. The quantitative estimate of drug-likeness (QED) is 0.537. The molecule has 0 unspecified atom stereocenters. The summed E-state index contributed by atoms with van der Waals surface area (Å²) in [4.78, 5) is 10.4. The van der Waals surface area contributed by atoms with Gasteiger partial charge in [0.05, 0.1) is 42.4 Å². The van der Waals surface area contributed by atoms with Crippen molar-refractivity contribution in [3.8, 4) is 22.5 Å². The molecule has 8 nitrogen and oxygen atoms in total. The van der Waals surface area contributed by atoms with Gasteiger partial charge in [-0.15, -0.1) is 0 Å². The second kappa shape index (κ2) is 7.34. The topological polar surface area (TPSA) is 84.2 Å². The van der Waals surface area contributed by atoms with Crippen molar-refractivity contribution >= 4 is 11.5 Å². The molecule has 0 aromatic carbocycles. The standard InChI is InChI=1S/C20H18F3N7O/c1-12-11-31-8-7-29(12)17-9-16(13-3-2-5-24-18(13)20(21,22)23)30-19(27-17)14(10-26-30)15-4-6-25-28-15/h2-6,9-10,12H,7-8,11H2,1H3,(H,25,28)/t12-/m1/s1. The molecule has 0 saturated carbocycles. The lowest BCUT2D eigenvalue weighted by molar-refractivity contribution is -0.140. The molecule has 0 spiro atoms. The van der Waals surface area contributed by atoms with Crippen LogP contribution < -0.4 is 4.90 Å². The van der Waals surface area contributed by atoms with Gasteiger partial charge in [0.15, 0.2) is 11.3 Å². The molecular weight excluding hydrogens is 411 g/mol. The summed E-state index contributed by atoms with van der Waals surface area (Å²) >= 11 is 0. The van der Waals surface area contributed by atoms with Crippen molar-refractivity contribution in [3.05, 3.63) is 48.5 Å². The highest BCUT2D eigenvalue weighted by atomic mass is 19.4. The lowest BCUT2D eigenvalue weighted by atomic mass is 10.1. The van der Waals surface area contributed by atoms with Gasteiger partial charge in [-0.2, -0.15) is 23.4 Å². The first kappa shape index (κ1) is 19.5. The monoisotopic (exact) mass is 429 g/mol. The van der Waals surface area contributed by atoms with E-state index >= 15 is 0 Å². The lowest BCUT2D eigenvalue weighted by Crippen LogP contribution is -2.44. The van der Waals surface area contributed by atoms with Crippen molar-refractivity contribution in [1.29, 1.82) is 0 Å². The highest BCUT2D eigenvalue weighted by Gasteiger charge is 2.36. The van der Waals surface area contributed by atoms with Crippen LogP contribution in [-0.2, 0) is 10.9 Å². The molecule has 160 valence electrons. The van der Waals surface area contributed by atoms with Crippen LogP contribution in [0.25, 0.3) is 28.2 Å². The van der Waals surface area contributed by atoms with Crippen LogP contribution in [0.3, 0.4) is 0 Å². The van der Waals surface area contributed by atoms with Crippen LogP contribution in [-0.4, -0.2) is 55.6 Å². The Morgan fingerprint density at radius 1 is 1.19 bits per heavy atom. The Hall–Kier alpha value is -3.47. The van der Waals surface area contributed by atoms with Crippen molar-refractivity contribution in [2.75, 3.05) is 24.7 Å². The molecule has 4 aromatic rings. The Kier molecular flexibility index (Phi) is 4.62. The Balaban J connectivity index is 1.78. The number of alkyl halides is 3. The van der Waals surface area contributed by atoms with Crippen molar-refractivity contribution < 1.29 is 17.9 Å². The summed E-state index contributed by atoms with van der Waals surface area (Å²) in [5.41, 5.74) is 0.949. The Bertz CT molecular complexity index is 1220. The van der Waals surface area contributed by atoms with E-state index in [0.717, 1.165) is 6.20 Å². The summed E-state index contributed by atoms with van der Waals surface area (Å²) in [6.07, 6.45) is -0.321. The van der Waals surface area contributed by atoms with E-state index in [4.69, 9.17) is 9.72 Å². The summed E-state index contributed by atoms with van der Waals surface area (Å²) < 4.78 is 48.1. The average Bonchev–Trinajstić information content (AvgIpc) is 3.42. The van der Waals surface area contributed by atoms with Crippen LogP contribution in [0.4, 0.5) is 19.0 Å². The Labute approximate surface area is 174 Å². The molecule has 0 bridgehead atoms. The predicted molar refractivity (Wildman–Crippen MR) is 106 cm³/mol. The zero-order chi connectivity index (χ0) is 21.6. The summed E-state index contributed by atoms with van der Waals surface area (Å²) in [5, 5.41) is 11.2. The highest BCUT2D eigenvalue weighted by molar-refractivity contribution is 5.79. The third kappa shape index (κ3) is 3.40. The molecule has 0 aliphatic carbocycles. The molecular formula is C20H18F3N7O. The number of morpholine rings is 1. The van der Waals surface area contributed by atoms with Crippen LogP contribution in [0.2, 0.25) is 0 Å². The number of nitrogens with one attached hydrogen (secondary N) is 1. The molecule has 1 aliphatic heterocycles. The van der Waals surface area contributed by atoms with Crippen LogP contribution >= 0.6 is 0 Å². The number of aromatic amines is 1. The third-order valence-electron chi connectivity index (χ3n) is 5.26. The van der Waals surface area contributed by atoms with Gasteiger partial charge in [0, 0.05) is 30.6 Å². The van der Waals surface area contributed by atoms with Gasteiger partial charge in [-0.05, 0) is 25.1 Å². The van der Waals surface area contributed by atoms with Gasteiger partial charge in [-0.1, -0.05) is 0 Å². The first-order chi connectivity index (χ1) is 14.9. The molecule has 0 radical (unpaired) electrons. The molecule has 1 fully saturated rings. The van der Waals surface area contributed by atoms with Crippen molar-refractivity contribution in [2.45, 2.75) is 19.1 Å². The number of aromatic nitrogens is 6. The van der Waals surface area contributed by atoms with Gasteiger partial charge < -0.3 is 9.64 Å². The number of anilines is 1. The average molecular weight is 429 g/mol. The maximum Gasteiger partial charge on any atom is 0.434 e. The van der Waals surface area contributed by atoms with E-state index in [-0.39, 0.29) is 17.3 Å². The number of fused-ring (bicyclic) bond motifs is 1. The van der Waals surface area contributed by atoms with Crippen LogP contribution in [0.5, 0.6) is 0 Å². The normalized spacial score (nSPS) is 17.4. The number of rotatable bonds is 3. The summed E-state index contributed by atoms with van der Waals surface area (Å²) in [6.45, 7) is 3.59. The largest absolute Gasteiger partial charge is 0.434 e. The Morgan fingerprint density at radius 2 is 2.06 bits per heavy atom. The van der Waals surface area contributed by atoms with E-state index in [1.807, 2.05) is 11.8 Å². The van der Waals surface area contributed by atoms with Crippen molar-refractivity contribution in [1.82, 2.24) is 29.8 Å². The zero-order valence-electron chi connectivity index (χ0n) is 16.5. The second-order valence-corrected chi connectivity index (χ2v) is 7.28. The number of halogens is 3. The number of nitrogens with zero attached hydrogens (tertiary/aromatic N) is 6. The van der Waals surface area contributed by atoms with Crippen molar-refractivity contribution in [3.63, 3.8) is 0 Å². The smallest absolute Gasteiger partial charge is 0.377 e. The molecule has 5 heterocycles. The molecule has 1 aliphatic rings. The molecule has 11 heteroatoms. The molecule has 1 atom stereocenters. The fourth-order valence-corrected chi connectivity index (χ4v) is 3.79. The van der Waals surface area contributed by atoms with E-state index in [2.05, 4.69) is 20.3 Å². The van der Waals surface area contributed by atoms with Gasteiger partial charge in [-0.25, -0.2) is 9.50 Å².